The minimum atomic E-state index is -0.890. The number of aliphatic hydroxyl groups excluding tert-OH is 2. The SMILES string of the molecule is CN(C)c1ccc(Br)c(CO)c1.CN(C)c1cccc(C(=O)O)c1.CN(C)c1cccc(CO)c1. The molecular formula is C27H36BrN3O4. The molecule has 3 rings (SSSR count). The second-order valence-corrected chi connectivity index (χ2v) is 9.15. The van der Waals surface area contributed by atoms with Crippen molar-refractivity contribution in [2.75, 3.05) is 57.0 Å². The summed E-state index contributed by atoms with van der Waals surface area (Å²) < 4.78 is 0.954. The van der Waals surface area contributed by atoms with Gasteiger partial charge in [-0.1, -0.05) is 34.1 Å². The maximum absolute atomic E-state index is 10.6. The lowest BCUT2D eigenvalue weighted by molar-refractivity contribution is 0.0697. The number of carbonyl (C=O) groups is 1. The van der Waals surface area contributed by atoms with E-state index in [2.05, 4.69) is 15.9 Å². The van der Waals surface area contributed by atoms with Crippen LogP contribution in [0.3, 0.4) is 0 Å². The molecule has 0 bridgehead atoms. The number of halogens is 1. The lowest BCUT2D eigenvalue weighted by Gasteiger charge is -2.13. The van der Waals surface area contributed by atoms with Gasteiger partial charge in [0.05, 0.1) is 18.8 Å². The van der Waals surface area contributed by atoms with Gasteiger partial charge in [0, 0.05) is 63.8 Å². The van der Waals surface area contributed by atoms with Gasteiger partial charge in [-0.2, -0.15) is 0 Å². The molecule has 0 radical (unpaired) electrons. The van der Waals surface area contributed by atoms with Crippen molar-refractivity contribution >= 4 is 39.0 Å². The molecule has 0 spiro atoms. The molecule has 0 atom stereocenters. The van der Waals surface area contributed by atoms with Crippen LogP contribution in [-0.2, 0) is 13.2 Å². The third-order valence-corrected chi connectivity index (χ3v) is 5.71. The predicted molar refractivity (Wildman–Crippen MR) is 149 cm³/mol. The molecule has 3 aromatic carbocycles. The molecule has 0 aliphatic rings. The maximum atomic E-state index is 10.6. The van der Waals surface area contributed by atoms with Crippen molar-refractivity contribution in [3.63, 3.8) is 0 Å². The molecule has 0 saturated heterocycles. The fraction of sp³-hybridized carbons (Fsp3) is 0.296. The number of aliphatic hydroxyl groups is 2. The van der Waals surface area contributed by atoms with Crippen LogP contribution >= 0.6 is 15.9 Å². The summed E-state index contributed by atoms with van der Waals surface area (Å²) in [5.41, 5.74) is 5.31. The molecule has 0 aliphatic heterocycles. The summed E-state index contributed by atoms with van der Waals surface area (Å²) >= 11 is 3.36. The van der Waals surface area contributed by atoms with Crippen LogP contribution in [0.15, 0.2) is 71.2 Å². The van der Waals surface area contributed by atoms with Crippen LogP contribution in [0.2, 0.25) is 0 Å². The van der Waals surface area contributed by atoms with Crippen LogP contribution in [0.4, 0.5) is 17.1 Å². The Hall–Kier alpha value is -3.07. The number of hydrogen-bond acceptors (Lipinski definition) is 6. The van der Waals surface area contributed by atoms with Crippen LogP contribution in [0, 0.1) is 0 Å². The first-order chi connectivity index (χ1) is 16.5. The first-order valence-electron chi connectivity index (χ1n) is 10.9. The zero-order chi connectivity index (χ0) is 26.5. The number of aromatic carboxylic acids is 1. The summed E-state index contributed by atoms with van der Waals surface area (Å²) in [6, 6.07) is 20.6. The van der Waals surface area contributed by atoms with E-state index in [4.69, 9.17) is 15.3 Å². The highest BCUT2D eigenvalue weighted by molar-refractivity contribution is 9.10. The van der Waals surface area contributed by atoms with Gasteiger partial charge in [-0.25, -0.2) is 4.79 Å². The molecule has 0 amide bonds. The summed E-state index contributed by atoms with van der Waals surface area (Å²) in [6.45, 7) is 0.184. The largest absolute Gasteiger partial charge is 0.478 e. The van der Waals surface area contributed by atoms with E-state index in [1.807, 2.05) is 106 Å². The fourth-order valence-corrected chi connectivity index (χ4v) is 3.18. The lowest BCUT2D eigenvalue weighted by atomic mass is 10.2. The highest BCUT2D eigenvalue weighted by Gasteiger charge is 2.03. The molecular weight excluding hydrogens is 510 g/mol. The van der Waals surface area contributed by atoms with Crippen molar-refractivity contribution < 1.29 is 20.1 Å². The number of nitrogens with zero attached hydrogens (tertiary/aromatic N) is 3. The first kappa shape index (κ1) is 30.0. The fourth-order valence-electron chi connectivity index (χ4n) is 2.81. The molecule has 0 saturated carbocycles. The van der Waals surface area contributed by atoms with E-state index in [-0.39, 0.29) is 13.2 Å². The van der Waals surface area contributed by atoms with E-state index in [1.165, 1.54) is 0 Å². The maximum Gasteiger partial charge on any atom is 0.335 e. The van der Waals surface area contributed by atoms with Crippen molar-refractivity contribution in [1.82, 2.24) is 0 Å². The molecule has 0 heterocycles. The second kappa shape index (κ2) is 15.0. The van der Waals surface area contributed by atoms with E-state index in [1.54, 1.807) is 18.2 Å². The Morgan fingerprint density at radius 2 is 1.23 bits per heavy atom. The summed E-state index contributed by atoms with van der Waals surface area (Å²) in [5, 5.41) is 26.5. The number of benzene rings is 3. The van der Waals surface area contributed by atoms with Gasteiger partial charge in [0.15, 0.2) is 0 Å². The van der Waals surface area contributed by atoms with Crippen LogP contribution in [0.5, 0.6) is 0 Å². The Kier molecular flexibility index (Phi) is 12.9. The van der Waals surface area contributed by atoms with Crippen molar-refractivity contribution in [2.24, 2.45) is 0 Å². The van der Waals surface area contributed by atoms with Crippen molar-refractivity contribution in [3.8, 4) is 0 Å². The van der Waals surface area contributed by atoms with Gasteiger partial charge in [-0.05, 0) is 59.7 Å². The highest BCUT2D eigenvalue weighted by Crippen LogP contribution is 2.22. The summed E-state index contributed by atoms with van der Waals surface area (Å²) in [4.78, 5) is 16.4. The zero-order valence-corrected chi connectivity index (χ0v) is 22.8. The highest BCUT2D eigenvalue weighted by atomic mass is 79.9. The summed E-state index contributed by atoms with van der Waals surface area (Å²) in [5.74, 6) is -0.890. The Labute approximate surface area is 217 Å². The smallest absolute Gasteiger partial charge is 0.335 e. The van der Waals surface area contributed by atoms with Crippen molar-refractivity contribution in [1.29, 1.82) is 0 Å². The van der Waals surface area contributed by atoms with Gasteiger partial charge in [-0.15, -0.1) is 0 Å². The van der Waals surface area contributed by atoms with E-state index in [9.17, 15) is 4.79 Å². The van der Waals surface area contributed by atoms with Gasteiger partial charge in [0.25, 0.3) is 0 Å². The molecule has 3 N–H and O–H groups in total. The van der Waals surface area contributed by atoms with Gasteiger partial charge >= 0.3 is 5.97 Å². The van der Waals surface area contributed by atoms with Crippen molar-refractivity contribution in [2.45, 2.75) is 13.2 Å². The van der Waals surface area contributed by atoms with E-state index < -0.39 is 5.97 Å². The van der Waals surface area contributed by atoms with E-state index in [0.717, 1.165) is 32.7 Å². The standard InChI is InChI=1S/C9H12BrNO.C9H11NO2.C9H13NO/c1-11(2)8-3-4-9(10)7(5-8)6-12;1-10(2)8-5-3-4-7(6-8)9(11)12;1-10(2)9-5-3-4-8(6-9)7-11/h3-5,12H,6H2,1-2H3;3-6H,1-2H3,(H,11,12);3-6,11H,7H2,1-2H3. The number of hydrogen-bond donors (Lipinski definition) is 3. The third-order valence-electron chi connectivity index (χ3n) is 4.94. The van der Waals surface area contributed by atoms with Gasteiger partial charge < -0.3 is 30.0 Å². The first-order valence-corrected chi connectivity index (χ1v) is 11.7. The topological polar surface area (TPSA) is 87.5 Å². The molecule has 7 nitrogen and oxygen atoms in total. The summed E-state index contributed by atoms with van der Waals surface area (Å²) in [7, 11) is 11.7. The van der Waals surface area contributed by atoms with E-state index in [0.29, 0.717) is 5.56 Å². The Morgan fingerprint density at radius 3 is 1.71 bits per heavy atom. The lowest BCUT2D eigenvalue weighted by Crippen LogP contribution is -2.09. The summed E-state index contributed by atoms with van der Waals surface area (Å²) in [6.07, 6.45) is 0. The molecule has 0 unspecified atom stereocenters. The average Bonchev–Trinajstić information content (AvgIpc) is 2.85. The van der Waals surface area contributed by atoms with Gasteiger partial charge in [0.1, 0.15) is 0 Å². The minimum Gasteiger partial charge on any atom is -0.478 e. The molecule has 8 heteroatoms. The van der Waals surface area contributed by atoms with Crippen LogP contribution < -0.4 is 14.7 Å². The van der Waals surface area contributed by atoms with Crippen LogP contribution in [0.1, 0.15) is 21.5 Å². The number of carboxylic acid groups (broad SMARTS) is 1. The molecule has 3 aromatic rings. The normalized spacial score (nSPS) is 9.74. The molecule has 190 valence electrons. The third kappa shape index (κ3) is 10.4. The minimum absolute atomic E-state index is 0.0717. The predicted octanol–water partition coefficient (Wildman–Crippen LogP) is 4.70. The molecule has 0 aliphatic carbocycles. The van der Waals surface area contributed by atoms with Crippen LogP contribution in [-0.4, -0.2) is 63.6 Å². The quantitative estimate of drug-likeness (QED) is 0.413. The van der Waals surface area contributed by atoms with Gasteiger partial charge in [0.2, 0.25) is 0 Å². The number of carboxylic acids is 1. The zero-order valence-electron chi connectivity index (χ0n) is 21.2. The average molecular weight is 547 g/mol. The molecule has 35 heavy (non-hydrogen) atoms. The van der Waals surface area contributed by atoms with Crippen LogP contribution in [0.25, 0.3) is 0 Å². The van der Waals surface area contributed by atoms with Gasteiger partial charge in [-0.3, -0.25) is 0 Å². The monoisotopic (exact) mass is 545 g/mol. The molecule has 0 fully saturated rings. The molecule has 0 aromatic heterocycles. The van der Waals surface area contributed by atoms with E-state index >= 15 is 0 Å². The number of rotatable bonds is 6. The Bertz CT molecular complexity index is 1070. The Morgan fingerprint density at radius 1 is 0.714 bits per heavy atom. The number of anilines is 3. The van der Waals surface area contributed by atoms with Crippen molar-refractivity contribution in [3.05, 3.63) is 87.9 Å². The Balaban J connectivity index is 0.000000263. The second-order valence-electron chi connectivity index (χ2n) is 8.30.